The average molecular weight is 332 g/mol. The summed E-state index contributed by atoms with van der Waals surface area (Å²) in [5.74, 6) is -0.379. The van der Waals surface area contributed by atoms with Crippen molar-refractivity contribution in [3.8, 4) is 0 Å². The van der Waals surface area contributed by atoms with Crippen LogP contribution in [0.25, 0.3) is 0 Å². The summed E-state index contributed by atoms with van der Waals surface area (Å²) in [5, 5.41) is 14.8. The Morgan fingerprint density at radius 3 is 2.48 bits per heavy atom. The molecule has 1 aromatic heterocycles. The lowest BCUT2D eigenvalue weighted by Crippen LogP contribution is -2.29. The Balaban J connectivity index is 2.05. The van der Waals surface area contributed by atoms with Gasteiger partial charge in [-0.1, -0.05) is 48.1 Å². The van der Waals surface area contributed by atoms with E-state index in [0.29, 0.717) is 5.13 Å². The maximum atomic E-state index is 12.2. The van der Waals surface area contributed by atoms with Crippen molar-refractivity contribution in [2.24, 2.45) is 0 Å². The number of rotatable bonds is 6. The third-order valence-electron chi connectivity index (χ3n) is 3.26. The molecule has 2 amide bonds. The first-order valence-electron chi connectivity index (χ1n) is 7.43. The van der Waals surface area contributed by atoms with Gasteiger partial charge < -0.3 is 10.6 Å². The van der Waals surface area contributed by atoms with Gasteiger partial charge in [-0.15, -0.1) is 10.2 Å². The van der Waals surface area contributed by atoms with Crippen LogP contribution in [0, 0.1) is 6.92 Å². The van der Waals surface area contributed by atoms with Gasteiger partial charge >= 0.3 is 0 Å². The van der Waals surface area contributed by atoms with Crippen molar-refractivity contribution in [1.29, 1.82) is 0 Å². The van der Waals surface area contributed by atoms with E-state index in [-0.39, 0.29) is 24.3 Å². The first-order chi connectivity index (χ1) is 11.0. The fraction of sp³-hybridized carbons (Fsp3) is 0.375. The number of carbonyl (C=O) groups excluding carboxylic acids is 2. The number of aryl methyl sites for hydroxylation is 2. The van der Waals surface area contributed by atoms with Gasteiger partial charge in [0.1, 0.15) is 5.01 Å². The largest absolute Gasteiger partial charge is 0.349 e. The second-order valence-corrected chi connectivity index (χ2v) is 6.33. The Morgan fingerprint density at radius 2 is 1.91 bits per heavy atom. The highest BCUT2D eigenvalue weighted by molar-refractivity contribution is 7.15. The van der Waals surface area contributed by atoms with E-state index in [1.165, 1.54) is 18.3 Å². The van der Waals surface area contributed by atoms with Gasteiger partial charge in [0.15, 0.2) is 0 Å². The van der Waals surface area contributed by atoms with E-state index in [4.69, 9.17) is 0 Å². The SMILES string of the molecule is CCc1nnc(NC(=O)CC(NC(C)=O)c2ccc(C)cc2)s1. The zero-order valence-corrected chi connectivity index (χ0v) is 14.2. The van der Waals surface area contributed by atoms with Crippen molar-refractivity contribution in [3.05, 3.63) is 40.4 Å². The molecule has 2 aromatic rings. The number of carbonyl (C=O) groups is 2. The molecular formula is C16H20N4O2S. The fourth-order valence-corrected chi connectivity index (χ4v) is 2.79. The number of hydrogen-bond donors (Lipinski definition) is 2. The summed E-state index contributed by atoms with van der Waals surface area (Å²) in [4.78, 5) is 23.6. The topological polar surface area (TPSA) is 84.0 Å². The molecule has 0 spiro atoms. The number of nitrogens with zero attached hydrogens (tertiary/aromatic N) is 2. The lowest BCUT2D eigenvalue weighted by Gasteiger charge is -2.18. The summed E-state index contributed by atoms with van der Waals surface area (Å²) in [6.45, 7) is 5.42. The van der Waals surface area contributed by atoms with Crippen LogP contribution in [0.2, 0.25) is 0 Å². The molecule has 23 heavy (non-hydrogen) atoms. The van der Waals surface area contributed by atoms with Crippen molar-refractivity contribution in [2.45, 2.75) is 39.7 Å². The minimum Gasteiger partial charge on any atom is -0.349 e. The number of anilines is 1. The second-order valence-electron chi connectivity index (χ2n) is 5.27. The molecule has 2 N–H and O–H groups in total. The van der Waals surface area contributed by atoms with Crippen molar-refractivity contribution in [1.82, 2.24) is 15.5 Å². The van der Waals surface area contributed by atoms with Crippen LogP contribution in [0.3, 0.4) is 0 Å². The van der Waals surface area contributed by atoms with Gasteiger partial charge in [0, 0.05) is 6.92 Å². The maximum absolute atomic E-state index is 12.2. The number of hydrogen-bond acceptors (Lipinski definition) is 5. The molecule has 0 fully saturated rings. The van der Waals surface area contributed by atoms with E-state index in [0.717, 1.165) is 22.6 Å². The molecule has 0 saturated heterocycles. The van der Waals surface area contributed by atoms with E-state index >= 15 is 0 Å². The van der Waals surface area contributed by atoms with Crippen LogP contribution >= 0.6 is 11.3 Å². The fourth-order valence-electron chi connectivity index (χ4n) is 2.10. The molecule has 0 bridgehead atoms. The van der Waals surface area contributed by atoms with Crippen LogP contribution < -0.4 is 10.6 Å². The van der Waals surface area contributed by atoms with Gasteiger partial charge in [-0.05, 0) is 18.9 Å². The first kappa shape index (κ1) is 17.1. The van der Waals surface area contributed by atoms with Crippen LogP contribution in [0.1, 0.15) is 42.4 Å². The summed E-state index contributed by atoms with van der Waals surface area (Å²) in [6.07, 6.45) is 0.926. The van der Waals surface area contributed by atoms with E-state index < -0.39 is 0 Å². The summed E-state index contributed by atoms with van der Waals surface area (Å²) in [6, 6.07) is 7.39. The van der Waals surface area contributed by atoms with Gasteiger partial charge in [-0.2, -0.15) is 0 Å². The quantitative estimate of drug-likeness (QED) is 0.851. The molecule has 0 saturated carbocycles. The standard InChI is InChI=1S/C16H20N4O2S/c1-4-15-19-20-16(23-15)18-14(22)9-13(17-11(3)21)12-7-5-10(2)6-8-12/h5-8,13H,4,9H2,1-3H3,(H,17,21)(H,18,20,22). The lowest BCUT2D eigenvalue weighted by molar-refractivity contribution is -0.120. The number of aromatic nitrogens is 2. The highest BCUT2D eigenvalue weighted by atomic mass is 32.1. The molecule has 0 aliphatic carbocycles. The Kier molecular flexibility index (Phi) is 5.81. The zero-order valence-electron chi connectivity index (χ0n) is 13.4. The summed E-state index contributed by atoms with van der Waals surface area (Å²) in [5.41, 5.74) is 2.02. The minimum absolute atomic E-state index is 0.143. The van der Waals surface area contributed by atoms with E-state index in [2.05, 4.69) is 20.8 Å². The Labute approximate surface area is 139 Å². The Bertz CT molecular complexity index is 682. The van der Waals surface area contributed by atoms with Crippen molar-refractivity contribution >= 4 is 28.3 Å². The normalized spacial score (nSPS) is 11.8. The second kappa shape index (κ2) is 7.82. The van der Waals surface area contributed by atoms with Crippen LogP contribution in [0.15, 0.2) is 24.3 Å². The average Bonchev–Trinajstić information content (AvgIpc) is 2.94. The van der Waals surface area contributed by atoms with Crippen molar-refractivity contribution in [2.75, 3.05) is 5.32 Å². The maximum Gasteiger partial charge on any atom is 0.228 e. The van der Waals surface area contributed by atoms with Crippen LogP contribution in [-0.2, 0) is 16.0 Å². The molecule has 0 aliphatic rings. The number of amides is 2. The third kappa shape index (κ3) is 5.14. The number of benzene rings is 1. The van der Waals surface area contributed by atoms with Gasteiger partial charge in [-0.25, -0.2) is 0 Å². The smallest absolute Gasteiger partial charge is 0.228 e. The van der Waals surface area contributed by atoms with E-state index in [1.807, 2.05) is 38.1 Å². The molecule has 1 unspecified atom stereocenters. The highest BCUT2D eigenvalue weighted by Gasteiger charge is 2.18. The summed E-state index contributed by atoms with van der Waals surface area (Å²) in [7, 11) is 0. The molecule has 2 rings (SSSR count). The summed E-state index contributed by atoms with van der Waals surface area (Å²) < 4.78 is 0. The van der Waals surface area contributed by atoms with Crippen LogP contribution in [0.4, 0.5) is 5.13 Å². The third-order valence-corrected chi connectivity index (χ3v) is 4.25. The molecule has 0 aliphatic heterocycles. The van der Waals surface area contributed by atoms with Crippen molar-refractivity contribution in [3.63, 3.8) is 0 Å². The van der Waals surface area contributed by atoms with Gasteiger partial charge in [0.25, 0.3) is 0 Å². The molecule has 1 heterocycles. The molecule has 7 heteroatoms. The van der Waals surface area contributed by atoms with Crippen LogP contribution in [-0.4, -0.2) is 22.0 Å². The van der Waals surface area contributed by atoms with Gasteiger partial charge in [0.2, 0.25) is 16.9 Å². The Hall–Kier alpha value is -2.28. The highest BCUT2D eigenvalue weighted by Crippen LogP contribution is 2.20. The lowest BCUT2D eigenvalue weighted by atomic mass is 10.0. The molecule has 122 valence electrons. The van der Waals surface area contributed by atoms with E-state index in [1.54, 1.807) is 0 Å². The summed E-state index contributed by atoms with van der Waals surface area (Å²) >= 11 is 1.36. The monoisotopic (exact) mass is 332 g/mol. The molecule has 6 nitrogen and oxygen atoms in total. The number of nitrogens with one attached hydrogen (secondary N) is 2. The molecular weight excluding hydrogens is 312 g/mol. The molecule has 1 atom stereocenters. The molecule has 0 radical (unpaired) electrons. The Morgan fingerprint density at radius 1 is 1.22 bits per heavy atom. The van der Waals surface area contributed by atoms with Crippen molar-refractivity contribution < 1.29 is 9.59 Å². The van der Waals surface area contributed by atoms with Crippen LogP contribution in [0.5, 0.6) is 0 Å². The predicted octanol–water partition coefficient (Wildman–Crippen LogP) is 2.61. The molecule has 1 aromatic carbocycles. The first-order valence-corrected chi connectivity index (χ1v) is 8.25. The van der Waals surface area contributed by atoms with Gasteiger partial charge in [0.05, 0.1) is 12.5 Å². The minimum atomic E-state index is -0.369. The van der Waals surface area contributed by atoms with Gasteiger partial charge in [-0.3, -0.25) is 9.59 Å². The zero-order chi connectivity index (χ0) is 16.8. The van der Waals surface area contributed by atoms with E-state index in [9.17, 15) is 9.59 Å². The predicted molar refractivity (Wildman–Crippen MR) is 90.3 cm³/mol.